The second-order valence-electron chi connectivity index (χ2n) is 3.92. The maximum Gasteiger partial charge on any atom is 0.0181 e. The number of rotatable bonds is 1. The molecule has 0 aliphatic rings. The first-order valence-corrected chi connectivity index (χ1v) is 6.69. The van der Waals surface area contributed by atoms with Crippen molar-refractivity contribution in [1.82, 2.24) is 0 Å². The fourth-order valence-corrected chi connectivity index (χ4v) is 2.65. The van der Waals surface area contributed by atoms with Gasteiger partial charge in [-0.2, -0.15) is 0 Å². The molecule has 2 heteroatoms. The van der Waals surface area contributed by atoms with Crippen molar-refractivity contribution in [2.24, 2.45) is 0 Å². The lowest BCUT2D eigenvalue weighted by Gasteiger charge is -2.10. The lowest BCUT2D eigenvalue weighted by Crippen LogP contribution is -1.87. The van der Waals surface area contributed by atoms with Crippen molar-refractivity contribution >= 4 is 31.9 Å². The molecule has 0 atom stereocenters. The molecule has 0 saturated heterocycles. The van der Waals surface area contributed by atoms with Crippen LogP contribution in [0.15, 0.2) is 45.3 Å². The van der Waals surface area contributed by atoms with Crippen LogP contribution in [0.4, 0.5) is 0 Å². The highest BCUT2D eigenvalue weighted by Gasteiger charge is 2.05. The van der Waals surface area contributed by atoms with Gasteiger partial charge in [0.25, 0.3) is 0 Å². The summed E-state index contributed by atoms with van der Waals surface area (Å²) in [6.45, 7) is 4.28. The molecule has 2 rings (SSSR count). The summed E-state index contributed by atoms with van der Waals surface area (Å²) in [6, 6.07) is 12.8. The Morgan fingerprint density at radius 3 is 2.00 bits per heavy atom. The van der Waals surface area contributed by atoms with Crippen LogP contribution < -0.4 is 0 Å². The van der Waals surface area contributed by atoms with Crippen molar-refractivity contribution in [1.29, 1.82) is 0 Å². The van der Waals surface area contributed by atoms with Gasteiger partial charge in [-0.25, -0.2) is 0 Å². The number of halogens is 2. The number of hydrogen-bond acceptors (Lipinski definition) is 0. The molecule has 2 aromatic carbocycles. The molecule has 0 saturated carbocycles. The SMILES string of the molecule is Cc1cc(Br)ccc1-c1cc(Br)ccc1C. The lowest BCUT2D eigenvalue weighted by molar-refractivity contribution is 1.39. The molecule has 16 heavy (non-hydrogen) atoms. The summed E-state index contributed by atoms with van der Waals surface area (Å²) in [5.74, 6) is 0. The maximum atomic E-state index is 3.52. The lowest BCUT2D eigenvalue weighted by atomic mass is 9.97. The van der Waals surface area contributed by atoms with Crippen molar-refractivity contribution in [3.63, 3.8) is 0 Å². The van der Waals surface area contributed by atoms with E-state index in [-0.39, 0.29) is 0 Å². The molecule has 0 spiro atoms. The van der Waals surface area contributed by atoms with Crippen LogP contribution in [0.25, 0.3) is 11.1 Å². The van der Waals surface area contributed by atoms with Gasteiger partial charge in [-0.05, 0) is 60.4 Å². The van der Waals surface area contributed by atoms with Gasteiger partial charge in [-0.15, -0.1) is 0 Å². The minimum atomic E-state index is 1.12. The Hall–Kier alpha value is -0.600. The molecule has 0 fully saturated rings. The zero-order valence-electron chi connectivity index (χ0n) is 9.22. The van der Waals surface area contributed by atoms with E-state index in [2.05, 4.69) is 82.1 Å². The van der Waals surface area contributed by atoms with E-state index in [4.69, 9.17) is 0 Å². The summed E-state index contributed by atoms with van der Waals surface area (Å²) in [5, 5.41) is 0. The summed E-state index contributed by atoms with van der Waals surface area (Å²) < 4.78 is 2.25. The molecular formula is C14H12Br2. The monoisotopic (exact) mass is 338 g/mol. The highest BCUT2D eigenvalue weighted by molar-refractivity contribution is 9.10. The molecule has 0 heterocycles. The number of benzene rings is 2. The van der Waals surface area contributed by atoms with Crippen molar-refractivity contribution in [3.05, 3.63) is 56.5 Å². The second kappa shape index (κ2) is 4.72. The van der Waals surface area contributed by atoms with Crippen LogP contribution in [0.5, 0.6) is 0 Å². The topological polar surface area (TPSA) is 0 Å². The van der Waals surface area contributed by atoms with E-state index in [0.717, 1.165) is 8.95 Å². The minimum Gasteiger partial charge on any atom is -0.0576 e. The van der Waals surface area contributed by atoms with Crippen molar-refractivity contribution in [2.75, 3.05) is 0 Å². The Kier molecular flexibility index (Phi) is 3.50. The first-order chi connectivity index (χ1) is 7.58. The van der Waals surface area contributed by atoms with Crippen LogP contribution in [-0.2, 0) is 0 Å². The first-order valence-electron chi connectivity index (χ1n) is 5.10. The normalized spacial score (nSPS) is 10.5. The van der Waals surface area contributed by atoms with Gasteiger partial charge in [0.2, 0.25) is 0 Å². The van der Waals surface area contributed by atoms with Gasteiger partial charge in [0.1, 0.15) is 0 Å². The summed E-state index contributed by atoms with van der Waals surface area (Å²) in [4.78, 5) is 0. The quantitative estimate of drug-likeness (QED) is 0.644. The molecular weight excluding hydrogens is 328 g/mol. The molecule has 82 valence electrons. The predicted octanol–water partition coefficient (Wildman–Crippen LogP) is 5.50. The van der Waals surface area contributed by atoms with Gasteiger partial charge in [-0.3, -0.25) is 0 Å². The third-order valence-corrected chi connectivity index (χ3v) is 3.66. The van der Waals surface area contributed by atoms with Gasteiger partial charge in [0.15, 0.2) is 0 Å². The zero-order chi connectivity index (χ0) is 11.7. The Bertz CT molecular complexity index is 530. The molecule has 0 unspecified atom stereocenters. The van der Waals surface area contributed by atoms with Gasteiger partial charge in [0.05, 0.1) is 0 Å². The Morgan fingerprint density at radius 2 is 1.31 bits per heavy atom. The Balaban J connectivity index is 2.62. The molecule has 0 aromatic heterocycles. The standard InChI is InChI=1S/C14H12Br2/c1-9-3-4-12(16)8-14(9)13-6-5-11(15)7-10(13)2/h3-8H,1-2H3. The molecule has 0 amide bonds. The molecule has 0 N–H and O–H groups in total. The van der Waals surface area contributed by atoms with Gasteiger partial charge >= 0.3 is 0 Å². The fourth-order valence-electron chi connectivity index (χ4n) is 1.81. The highest BCUT2D eigenvalue weighted by atomic mass is 79.9. The minimum absolute atomic E-state index is 1.12. The van der Waals surface area contributed by atoms with Gasteiger partial charge in [0, 0.05) is 8.95 Å². The Labute approximate surface area is 113 Å². The number of aryl methyl sites for hydroxylation is 2. The summed E-state index contributed by atoms with van der Waals surface area (Å²) in [6.07, 6.45) is 0. The first kappa shape index (κ1) is 11.9. The average molecular weight is 340 g/mol. The fraction of sp³-hybridized carbons (Fsp3) is 0.143. The largest absolute Gasteiger partial charge is 0.0576 e. The van der Waals surface area contributed by atoms with Crippen LogP contribution in [0.1, 0.15) is 11.1 Å². The molecule has 0 aliphatic carbocycles. The smallest absolute Gasteiger partial charge is 0.0181 e. The van der Waals surface area contributed by atoms with E-state index in [9.17, 15) is 0 Å². The van der Waals surface area contributed by atoms with E-state index in [1.165, 1.54) is 22.3 Å². The van der Waals surface area contributed by atoms with E-state index in [1.54, 1.807) is 0 Å². The van der Waals surface area contributed by atoms with Gasteiger partial charge in [-0.1, -0.05) is 44.0 Å². The number of hydrogen-bond donors (Lipinski definition) is 0. The molecule has 0 bridgehead atoms. The van der Waals surface area contributed by atoms with Crippen LogP contribution in [0.3, 0.4) is 0 Å². The Morgan fingerprint density at radius 1 is 0.688 bits per heavy atom. The third-order valence-electron chi connectivity index (χ3n) is 2.68. The summed E-state index contributed by atoms with van der Waals surface area (Å²) in [5.41, 5.74) is 5.17. The predicted molar refractivity (Wildman–Crippen MR) is 76.8 cm³/mol. The van der Waals surface area contributed by atoms with Crippen LogP contribution in [-0.4, -0.2) is 0 Å². The van der Waals surface area contributed by atoms with Crippen molar-refractivity contribution in [3.8, 4) is 11.1 Å². The van der Waals surface area contributed by atoms with Gasteiger partial charge < -0.3 is 0 Å². The molecule has 2 aromatic rings. The molecule has 0 aliphatic heterocycles. The van der Waals surface area contributed by atoms with Crippen molar-refractivity contribution in [2.45, 2.75) is 13.8 Å². The maximum absolute atomic E-state index is 3.52. The van der Waals surface area contributed by atoms with Crippen LogP contribution in [0, 0.1) is 13.8 Å². The molecule has 0 radical (unpaired) electrons. The average Bonchev–Trinajstić information content (AvgIpc) is 2.22. The molecule has 0 nitrogen and oxygen atoms in total. The second-order valence-corrected chi connectivity index (χ2v) is 5.75. The van der Waals surface area contributed by atoms with E-state index >= 15 is 0 Å². The van der Waals surface area contributed by atoms with Crippen LogP contribution >= 0.6 is 31.9 Å². The highest BCUT2D eigenvalue weighted by Crippen LogP contribution is 2.30. The third kappa shape index (κ3) is 2.38. The van der Waals surface area contributed by atoms with Crippen LogP contribution in [0.2, 0.25) is 0 Å². The van der Waals surface area contributed by atoms with E-state index in [1.807, 2.05) is 0 Å². The summed E-state index contributed by atoms with van der Waals surface area (Å²) in [7, 11) is 0. The summed E-state index contributed by atoms with van der Waals surface area (Å²) >= 11 is 7.02. The zero-order valence-corrected chi connectivity index (χ0v) is 12.4. The van der Waals surface area contributed by atoms with E-state index < -0.39 is 0 Å². The van der Waals surface area contributed by atoms with Crippen molar-refractivity contribution < 1.29 is 0 Å². The van der Waals surface area contributed by atoms with E-state index in [0.29, 0.717) is 0 Å².